The number of benzene rings is 2. The molecule has 2 aromatic carbocycles. The van der Waals surface area contributed by atoms with E-state index < -0.39 is 17.3 Å². The zero-order valence-corrected chi connectivity index (χ0v) is 14.8. The van der Waals surface area contributed by atoms with Crippen LogP contribution in [0.15, 0.2) is 54.6 Å². The molecule has 26 heavy (non-hydrogen) atoms. The standard InChI is InChI=1S/C21H24F3NO/c1-2-20(26,17-9-6-10-18(13-17)21(22,23)24)19-11-12-25(15-19)14-16-7-4-3-5-8-16/h3-10,13,19,26H,2,11-12,14-15H2,1H3/t19-,20-/m0/s1. The third-order valence-corrected chi connectivity index (χ3v) is 5.43. The van der Waals surface area contributed by atoms with Crippen LogP contribution in [0.4, 0.5) is 13.2 Å². The Morgan fingerprint density at radius 3 is 2.38 bits per heavy atom. The summed E-state index contributed by atoms with van der Waals surface area (Å²) in [5.74, 6) is -0.0836. The minimum atomic E-state index is -4.40. The highest BCUT2D eigenvalue weighted by atomic mass is 19.4. The van der Waals surface area contributed by atoms with Crippen molar-refractivity contribution in [2.24, 2.45) is 5.92 Å². The first kappa shape index (κ1) is 18.9. The summed E-state index contributed by atoms with van der Waals surface area (Å²) in [6, 6.07) is 15.2. The summed E-state index contributed by atoms with van der Waals surface area (Å²) in [7, 11) is 0. The Hall–Kier alpha value is -1.85. The van der Waals surface area contributed by atoms with Gasteiger partial charge in [0, 0.05) is 19.0 Å². The van der Waals surface area contributed by atoms with Crippen LogP contribution in [0.2, 0.25) is 0 Å². The molecule has 1 aliphatic rings. The minimum Gasteiger partial charge on any atom is -0.385 e. The van der Waals surface area contributed by atoms with Gasteiger partial charge >= 0.3 is 6.18 Å². The molecule has 0 unspecified atom stereocenters. The Balaban J connectivity index is 1.78. The van der Waals surface area contributed by atoms with Gasteiger partial charge in [-0.3, -0.25) is 4.90 Å². The molecule has 3 rings (SSSR count). The number of rotatable bonds is 5. The van der Waals surface area contributed by atoms with Crippen molar-refractivity contribution in [2.75, 3.05) is 13.1 Å². The Morgan fingerprint density at radius 1 is 1.04 bits per heavy atom. The monoisotopic (exact) mass is 363 g/mol. The van der Waals surface area contributed by atoms with Crippen molar-refractivity contribution in [1.29, 1.82) is 0 Å². The first-order valence-electron chi connectivity index (χ1n) is 8.99. The first-order chi connectivity index (χ1) is 12.3. The normalized spacial score (nSPS) is 20.9. The van der Waals surface area contributed by atoms with E-state index in [0.29, 0.717) is 18.5 Å². The van der Waals surface area contributed by atoms with Crippen LogP contribution in [0.25, 0.3) is 0 Å². The molecule has 0 amide bonds. The lowest BCUT2D eigenvalue weighted by Crippen LogP contribution is -2.36. The summed E-state index contributed by atoms with van der Waals surface area (Å²) in [6.45, 7) is 4.14. The van der Waals surface area contributed by atoms with Crippen molar-refractivity contribution in [3.8, 4) is 0 Å². The maximum Gasteiger partial charge on any atom is 0.416 e. The molecule has 0 aromatic heterocycles. The van der Waals surface area contributed by atoms with E-state index in [1.54, 1.807) is 6.07 Å². The highest BCUT2D eigenvalue weighted by Crippen LogP contribution is 2.40. The molecule has 0 bridgehead atoms. The smallest absolute Gasteiger partial charge is 0.385 e. The highest BCUT2D eigenvalue weighted by molar-refractivity contribution is 5.31. The largest absolute Gasteiger partial charge is 0.416 e. The van der Waals surface area contributed by atoms with E-state index in [-0.39, 0.29) is 5.92 Å². The van der Waals surface area contributed by atoms with Crippen LogP contribution in [0.3, 0.4) is 0 Å². The molecule has 2 atom stereocenters. The minimum absolute atomic E-state index is 0.0836. The van der Waals surface area contributed by atoms with Crippen LogP contribution in [0, 0.1) is 5.92 Å². The molecule has 0 aliphatic carbocycles. The van der Waals surface area contributed by atoms with Crippen molar-refractivity contribution in [2.45, 2.75) is 38.1 Å². The quantitative estimate of drug-likeness (QED) is 0.823. The van der Waals surface area contributed by atoms with Gasteiger partial charge in [0.1, 0.15) is 0 Å². The molecule has 1 fully saturated rings. The highest BCUT2D eigenvalue weighted by Gasteiger charge is 2.42. The summed E-state index contributed by atoms with van der Waals surface area (Å²) in [5.41, 5.74) is -0.387. The predicted molar refractivity (Wildman–Crippen MR) is 95.5 cm³/mol. The van der Waals surface area contributed by atoms with E-state index in [0.717, 1.165) is 31.6 Å². The maximum absolute atomic E-state index is 13.1. The molecule has 0 saturated carbocycles. The summed E-state index contributed by atoms with van der Waals surface area (Å²) in [6.07, 6.45) is -3.24. The van der Waals surface area contributed by atoms with Crippen LogP contribution in [-0.2, 0) is 18.3 Å². The number of nitrogens with zero attached hydrogens (tertiary/aromatic N) is 1. The zero-order chi connectivity index (χ0) is 18.8. The molecule has 5 heteroatoms. The molecular weight excluding hydrogens is 339 g/mol. The van der Waals surface area contributed by atoms with Crippen LogP contribution < -0.4 is 0 Å². The fraction of sp³-hybridized carbons (Fsp3) is 0.429. The van der Waals surface area contributed by atoms with Gasteiger partial charge in [0.05, 0.1) is 11.2 Å². The van der Waals surface area contributed by atoms with Gasteiger partial charge in [-0.05, 0) is 42.6 Å². The molecular formula is C21H24F3NO. The Bertz CT molecular complexity index is 732. The molecule has 1 saturated heterocycles. The Labute approximate surface area is 152 Å². The lowest BCUT2D eigenvalue weighted by molar-refractivity contribution is -0.137. The van der Waals surface area contributed by atoms with Gasteiger partial charge < -0.3 is 5.11 Å². The third-order valence-electron chi connectivity index (χ3n) is 5.43. The van der Waals surface area contributed by atoms with Crippen LogP contribution in [0.5, 0.6) is 0 Å². The van der Waals surface area contributed by atoms with E-state index >= 15 is 0 Å². The number of aliphatic hydroxyl groups is 1. The Kier molecular flexibility index (Phi) is 5.39. The van der Waals surface area contributed by atoms with Gasteiger partial charge in [-0.15, -0.1) is 0 Å². The number of halogens is 3. The molecule has 1 heterocycles. The number of hydrogen-bond donors (Lipinski definition) is 1. The van der Waals surface area contributed by atoms with Gasteiger partial charge in [-0.1, -0.05) is 49.4 Å². The van der Waals surface area contributed by atoms with E-state index in [1.165, 1.54) is 11.6 Å². The average Bonchev–Trinajstić information content (AvgIpc) is 3.10. The molecule has 0 radical (unpaired) electrons. The van der Waals surface area contributed by atoms with Crippen molar-refractivity contribution in [1.82, 2.24) is 4.90 Å². The summed E-state index contributed by atoms with van der Waals surface area (Å²) >= 11 is 0. The third kappa shape index (κ3) is 3.94. The van der Waals surface area contributed by atoms with E-state index in [4.69, 9.17) is 0 Å². The predicted octanol–water partition coefficient (Wildman–Crippen LogP) is 4.83. The molecule has 1 N–H and O–H groups in total. The molecule has 0 spiro atoms. The number of hydrogen-bond acceptors (Lipinski definition) is 2. The SMILES string of the molecule is CC[C@](O)(c1cccc(C(F)(F)F)c1)[C@H]1CCN(Cc2ccccc2)C1. The fourth-order valence-corrected chi connectivity index (χ4v) is 3.90. The summed E-state index contributed by atoms with van der Waals surface area (Å²) in [5, 5.41) is 11.3. The average molecular weight is 363 g/mol. The fourth-order valence-electron chi connectivity index (χ4n) is 3.90. The second-order valence-electron chi connectivity index (χ2n) is 7.06. The van der Waals surface area contributed by atoms with E-state index in [2.05, 4.69) is 17.0 Å². The van der Waals surface area contributed by atoms with Crippen LogP contribution in [-0.4, -0.2) is 23.1 Å². The molecule has 2 aromatic rings. The summed E-state index contributed by atoms with van der Waals surface area (Å²) < 4.78 is 39.2. The maximum atomic E-state index is 13.1. The van der Waals surface area contributed by atoms with E-state index in [9.17, 15) is 18.3 Å². The van der Waals surface area contributed by atoms with Crippen molar-refractivity contribution in [3.63, 3.8) is 0 Å². The lowest BCUT2D eigenvalue weighted by atomic mass is 9.78. The van der Waals surface area contributed by atoms with Gasteiger partial charge in [-0.25, -0.2) is 0 Å². The zero-order valence-electron chi connectivity index (χ0n) is 14.8. The molecule has 1 aliphatic heterocycles. The molecule has 140 valence electrons. The topological polar surface area (TPSA) is 23.5 Å². The lowest BCUT2D eigenvalue weighted by Gasteiger charge is -2.34. The van der Waals surface area contributed by atoms with Gasteiger partial charge in [0.2, 0.25) is 0 Å². The van der Waals surface area contributed by atoms with Crippen LogP contribution in [0.1, 0.15) is 36.5 Å². The van der Waals surface area contributed by atoms with Crippen LogP contribution >= 0.6 is 0 Å². The Morgan fingerprint density at radius 2 is 1.73 bits per heavy atom. The van der Waals surface area contributed by atoms with Crippen molar-refractivity contribution >= 4 is 0 Å². The summed E-state index contributed by atoms with van der Waals surface area (Å²) in [4.78, 5) is 2.26. The van der Waals surface area contributed by atoms with Gasteiger partial charge in [-0.2, -0.15) is 13.2 Å². The van der Waals surface area contributed by atoms with Gasteiger partial charge in [0.25, 0.3) is 0 Å². The number of alkyl halides is 3. The second kappa shape index (κ2) is 7.41. The van der Waals surface area contributed by atoms with E-state index in [1.807, 2.05) is 25.1 Å². The van der Waals surface area contributed by atoms with Crippen molar-refractivity contribution < 1.29 is 18.3 Å². The second-order valence-corrected chi connectivity index (χ2v) is 7.06. The molecule has 2 nitrogen and oxygen atoms in total. The first-order valence-corrected chi connectivity index (χ1v) is 8.99. The van der Waals surface area contributed by atoms with Gasteiger partial charge in [0.15, 0.2) is 0 Å². The van der Waals surface area contributed by atoms with Crippen molar-refractivity contribution in [3.05, 3.63) is 71.3 Å². The number of likely N-dealkylation sites (tertiary alicyclic amines) is 1.